The Morgan fingerprint density at radius 2 is 1.80 bits per heavy atom. The van der Waals surface area contributed by atoms with Gasteiger partial charge in [0, 0.05) is 17.8 Å². The maximum Gasteiger partial charge on any atom is 0.420 e. The lowest BCUT2D eigenvalue weighted by atomic mass is 10.2. The molecule has 0 aliphatic carbocycles. The minimum atomic E-state index is -0.543. The van der Waals surface area contributed by atoms with Crippen molar-refractivity contribution in [3.05, 3.63) is 66.0 Å². The highest BCUT2D eigenvalue weighted by Crippen LogP contribution is 2.18. The first-order valence-corrected chi connectivity index (χ1v) is 8.23. The summed E-state index contributed by atoms with van der Waals surface area (Å²) in [5.41, 5.74) is 2.14. The SMILES string of the molecule is CC(C)(C)OC(=O)n1ccc2cc(COCc3ccccc3)cnc21. The number of carbonyl (C=O) groups is 1. The molecule has 0 aliphatic heterocycles. The predicted molar refractivity (Wildman–Crippen MR) is 96.3 cm³/mol. The predicted octanol–water partition coefficient (Wildman–Crippen LogP) is 4.54. The van der Waals surface area contributed by atoms with Crippen LogP contribution in [0.15, 0.2) is 54.9 Å². The van der Waals surface area contributed by atoms with Gasteiger partial charge in [0.2, 0.25) is 0 Å². The van der Waals surface area contributed by atoms with Gasteiger partial charge in [0.1, 0.15) is 11.2 Å². The van der Waals surface area contributed by atoms with E-state index in [0.29, 0.717) is 18.9 Å². The van der Waals surface area contributed by atoms with Crippen LogP contribution >= 0.6 is 0 Å². The van der Waals surface area contributed by atoms with Crippen LogP contribution in [0.25, 0.3) is 11.0 Å². The maximum absolute atomic E-state index is 12.2. The fourth-order valence-corrected chi connectivity index (χ4v) is 2.47. The molecular formula is C20H22N2O3. The van der Waals surface area contributed by atoms with Gasteiger partial charge in [0.25, 0.3) is 0 Å². The first-order chi connectivity index (χ1) is 11.9. The Kier molecular flexibility index (Phi) is 4.86. The van der Waals surface area contributed by atoms with E-state index in [2.05, 4.69) is 4.98 Å². The molecule has 2 aromatic heterocycles. The zero-order valence-electron chi connectivity index (χ0n) is 14.7. The molecule has 0 amide bonds. The van der Waals surface area contributed by atoms with Crippen molar-refractivity contribution in [3.63, 3.8) is 0 Å². The first kappa shape index (κ1) is 17.2. The molecular weight excluding hydrogens is 316 g/mol. The molecule has 25 heavy (non-hydrogen) atoms. The fraction of sp³-hybridized carbons (Fsp3) is 0.300. The summed E-state index contributed by atoms with van der Waals surface area (Å²) in [4.78, 5) is 16.6. The molecule has 2 heterocycles. The normalized spacial score (nSPS) is 11.6. The zero-order chi connectivity index (χ0) is 17.9. The third-order valence-electron chi connectivity index (χ3n) is 3.55. The summed E-state index contributed by atoms with van der Waals surface area (Å²) < 4.78 is 12.6. The molecule has 3 rings (SSSR count). The Hall–Kier alpha value is -2.66. The van der Waals surface area contributed by atoms with Gasteiger partial charge in [0.05, 0.1) is 13.2 Å². The van der Waals surface area contributed by atoms with Crippen LogP contribution in [0.5, 0.6) is 0 Å². The van der Waals surface area contributed by atoms with Crippen molar-refractivity contribution in [2.24, 2.45) is 0 Å². The molecule has 0 saturated carbocycles. The number of hydrogen-bond donors (Lipinski definition) is 0. The summed E-state index contributed by atoms with van der Waals surface area (Å²) in [6.45, 7) is 6.54. The van der Waals surface area contributed by atoms with Crippen molar-refractivity contribution in [1.29, 1.82) is 0 Å². The van der Waals surface area contributed by atoms with E-state index < -0.39 is 11.7 Å². The molecule has 0 aliphatic rings. The van der Waals surface area contributed by atoms with Crippen molar-refractivity contribution in [3.8, 4) is 0 Å². The van der Waals surface area contributed by atoms with Gasteiger partial charge in [-0.05, 0) is 44.0 Å². The third-order valence-corrected chi connectivity index (χ3v) is 3.55. The molecule has 0 saturated heterocycles. The summed E-state index contributed by atoms with van der Waals surface area (Å²) >= 11 is 0. The van der Waals surface area contributed by atoms with Gasteiger partial charge >= 0.3 is 6.09 Å². The van der Waals surface area contributed by atoms with Gasteiger partial charge in [-0.25, -0.2) is 14.3 Å². The first-order valence-electron chi connectivity index (χ1n) is 8.23. The van der Waals surface area contributed by atoms with Crippen molar-refractivity contribution >= 4 is 17.1 Å². The molecule has 1 aromatic carbocycles. The van der Waals surface area contributed by atoms with Gasteiger partial charge in [-0.3, -0.25) is 0 Å². The summed E-state index contributed by atoms with van der Waals surface area (Å²) in [5.74, 6) is 0. The van der Waals surface area contributed by atoms with Gasteiger partial charge in [0.15, 0.2) is 0 Å². The van der Waals surface area contributed by atoms with Crippen LogP contribution < -0.4 is 0 Å². The molecule has 0 atom stereocenters. The quantitative estimate of drug-likeness (QED) is 0.701. The van der Waals surface area contributed by atoms with E-state index in [1.54, 1.807) is 12.4 Å². The molecule has 0 fully saturated rings. The Morgan fingerprint density at radius 1 is 1.08 bits per heavy atom. The van der Waals surface area contributed by atoms with Crippen LogP contribution in [-0.2, 0) is 22.7 Å². The highest BCUT2D eigenvalue weighted by atomic mass is 16.6. The highest BCUT2D eigenvalue weighted by Gasteiger charge is 2.19. The second-order valence-corrected chi connectivity index (χ2v) is 6.90. The monoisotopic (exact) mass is 338 g/mol. The average Bonchev–Trinajstić information content (AvgIpc) is 2.97. The third kappa shape index (κ3) is 4.45. The number of benzene rings is 1. The van der Waals surface area contributed by atoms with E-state index in [1.807, 2.05) is 63.2 Å². The van der Waals surface area contributed by atoms with Crippen LogP contribution in [0.2, 0.25) is 0 Å². The van der Waals surface area contributed by atoms with Crippen molar-refractivity contribution in [2.75, 3.05) is 0 Å². The number of ether oxygens (including phenoxy) is 2. The van der Waals surface area contributed by atoms with Gasteiger partial charge < -0.3 is 9.47 Å². The molecule has 3 aromatic rings. The minimum absolute atomic E-state index is 0.428. The van der Waals surface area contributed by atoms with E-state index in [-0.39, 0.29) is 0 Å². The summed E-state index contributed by atoms with van der Waals surface area (Å²) in [6.07, 6.45) is 2.98. The van der Waals surface area contributed by atoms with E-state index in [9.17, 15) is 4.79 Å². The lowest BCUT2D eigenvalue weighted by molar-refractivity contribution is 0.0543. The summed E-state index contributed by atoms with van der Waals surface area (Å²) in [6, 6.07) is 13.9. The second-order valence-electron chi connectivity index (χ2n) is 6.90. The van der Waals surface area contributed by atoms with Crippen molar-refractivity contribution in [1.82, 2.24) is 9.55 Å². The number of aromatic nitrogens is 2. The number of fused-ring (bicyclic) bond motifs is 1. The minimum Gasteiger partial charge on any atom is -0.443 e. The van der Waals surface area contributed by atoms with Crippen molar-refractivity contribution in [2.45, 2.75) is 39.6 Å². The molecule has 0 unspecified atom stereocenters. The van der Waals surface area contributed by atoms with Crippen LogP contribution in [0.1, 0.15) is 31.9 Å². The lowest BCUT2D eigenvalue weighted by Crippen LogP contribution is -2.26. The van der Waals surface area contributed by atoms with Crippen LogP contribution in [-0.4, -0.2) is 21.2 Å². The number of rotatable bonds is 4. The zero-order valence-corrected chi connectivity index (χ0v) is 14.7. The van der Waals surface area contributed by atoms with E-state index in [0.717, 1.165) is 16.5 Å². The van der Waals surface area contributed by atoms with E-state index >= 15 is 0 Å². The maximum atomic E-state index is 12.2. The standard InChI is InChI=1S/C20H22N2O3/c1-20(2,3)25-19(23)22-10-9-17-11-16(12-21-18(17)22)14-24-13-15-7-5-4-6-8-15/h4-12H,13-14H2,1-3H3. The lowest BCUT2D eigenvalue weighted by Gasteiger charge is -2.19. The van der Waals surface area contributed by atoms with Crippen molar-refractivity contribution < 1.29 is 14.3 Å². The second kappa shape index (κ2) is 7.07. The van der Waals surface area contributed by atoms with Crippen LogP contribution in [0.4, 0.5) is 4.79 Å². The summed E-state index contributed by atoms with van der Waals surface area (Å²) in [5, 5.41) is 0.881. The van der Waals surface area contributed by atoms with E-state index in [4.69, 9.17) is 9.47 Å². The average molecular weight is 338 g/mol. The number of nitrogens with zero attached hydrogens (tertiary/aromatic N) is 2. The Bertz CT molecular complexity index is 864. The molecule has 0 N–H and O–H groups in total. The topological polar surface area (TPSA) is 53.4 Å². The van der Waals surface area contributed by atoms with Crippen LogP contribution in [0.3, 0.4) is 0 Å². The summed E-state index contributed by atoms with van der Waals surface area (Å²) in [7, 11) is 0. The Balaban J connectivity index is 1.68. The van der Waals surface area contributed by atoms with Gasteiger partial charge in [-0.1, -0.05) is 30.3 Å². The molecule has 130 valence electrons. The number of carbonyl (C=O) groups excluding carboxylic acids is 1. The molecule has 5 nitrogen and oxygen atoms in total. The Morgan fingerprint density at radius 3 is 2.52 bits per heavy atom. The molecule has 0 radical (unpaired) electrons. The molecule has 0 bridgehead atoms. The van der Waals surface area contributed by atoms with Crippen LogP contribution in [0, 0.1) is 0 Å². The smallest absolute Gasteiger partial charge is 0.420 e. The molecule has 5 heteroatoms. The highest BCUT2D eigenvalue weighted by molar-refractivity contribution is 5.87. The van der Waals surface area contributed by atoms with E-state index in [1.165, 1.54) is 4.57 Å². The Labute approximate surface area is 147 Å². The van der Waals surface area contributed by atoms with Gasteiger partial charge in [-0.15, -0.1) is 0 Å². The molecule has 0 spiro atoms. The number of hydrogen-bond acceptors (Lipinski definition) is 4. The van der Waals surface area contributed by atoms with Gasteiger partial charge in [-0.2, -0.15) is 0 Å². The fourth-order valence-electron chi connectivity index (χ4n) is 2.47. The largest absolute Gasteiger partial charge is 0.443 e. The number of pyridine rings is 1.